The van der Waals surface area contributed by atoms with Gasteiger partial charge < -0.3 is 19.9 Å². The van der Waals surface area contributed by atoms with Gasteiger partial charge in [0.05, 0.1) is 31.4 Å². The fraction of sp³-hybridized carbons (Fsp3) is 0.120. The van der Waals surface area contributed by atoms with Gasteiger partial charge in [-0.1, -0.05) is 42.5 Å². The van der Waals surface area contributed by atoms with Crippen LogP contribution in [0.25, 0.3) is 22.0 Å². The summed E-state index contributed by atoms with van der Waals surface area (Å²) in [5.74, 6) is 1.04. The Morgan fingerprint density at radius 3 is 2.66 bits per heavy atom. The van der Waals surface area contributed by atoms with E-state index in [0.717, 1.165) is 33.2 Å². The highest BCUT2D eigenvalue weighted by molar-refractivity contribution is 5.97. The molecule has 1 aromatic heterocycles. The van der Waals surface area contributed by atoms with Gasteiger partial charge in [-0.05, 0) is 29.0 Å². The molecule has 7 nitrogen and oxygen atoms in total. The molecular formula is C25H20N4O3. The molecule has 3 N–H and O–H groups in total. The number of hydrogen-bond donors (Lipinski definition) is 2. The van der Waals surface area contributed by atoms with Crippen molar-refractivity contribution < 1.29 is 14.2 Å². The number of nitriles is 1. The predicted molar refractivity (Wildman–Crippen MR) is 120 cm³/mol. The minimum atomic E-state index is -0.554. The Balaban J connectivity index is 1.81. The van der Waals surface area contributed by atoms with Crippen LogP contribution in [-0.4, -0.2) is 24.4 Å². The molecule has 5 rings (SSSR count). The largest absolute Gasteiger partial charge is 0.497 e. The summed E-state index contributed by atoms with van der Waals surface area (Å²) in [4.78, 5) is 0. The Kier molecular flexibility index (Phi) is 4.68. The molecule has 1 aliphatic rings. The first kappa shape index (κ1) is 19.5. The second-order valence-corrected chi connectivity index (χ2v) is 7.38. The zero-order valence-electron chi connectivity index (χ0n) is 17.5. The Labute approximate surface area is 184 Å². The molecule has 0 amide bonds. The number of methoxy groups -OCH3 is 2. The van der Waals surface area contributed by atoms with Gasteiger partial charge in [0.15, 0.2) is 0 Å². The quantitative estimate of drug-likeness (QED) is 0.501. The molecule has 0 saturated carbocycles. The molecule has 2 heterocycles. The summed E-state index contributed by atoms with van der Waals surface area (Å²) in [6, 6.07) is 21.9. The normalized spacial score (nSPS) is 15.1. The third kappa shape index (κ3) is 2.93. The smallest absolute Gasteiger partial charge is 0.244 e. The van der Waals surface area contributed by atoms with Crippen LogP contribution < -0.4 is 19.9 Å². The average molecular weight is 424 g/mol. The van der Waals surface area contributed by atoms with E-state index in [1.54, 1.807) is 14.2 Å². The van der Waals surface area contributed by atoms with E-state index >= 15 is 0 Å². The highest BCUT2D eigenvalue weighted by Gasteiger charge is 2.37. The highest BCUT2D eigenvalue weighted by Crippen LogP contribution is 2.49. The standard InChI is InChI=1S/C25H20N4O3/c1-30-15-10-11-20(31-2)18(12-15)21-19(13-26)24(27)32-25-22(21)23(28-29-25)17-9-5-7-14-6-3-4-8-16(14)17/h3-12,21H,27H2,1-2H3,(H,28,29). The van der Waals surface area contributed by atoms with Crippen LogP contribution in [0.15, 0.2) is 72.1 Å². The third-order valence-corrected chi connectivity index (χ3v) is 5.75. The van der Waals surface area contributed by atoms with E-state index in [9.17, 15) is 5.26 Å². The van der Waals surface area contributed by atoms with Gasteiger partial charge in [-0.2, -0.15) is 5.26 Å². The Hall–Kier alpha value is -4.44. The lowest BCUT2D eigenvalue weighted by Gasteiger charge is -2.26. The second-order valence-electron chi connectivity index (χ2n) is 7.38. The molecule has 0 radical (unpaired) electrons. The van der Waals surface area contributed by atoms with Crippen LogP contribution in [-0.2, 0) is 0 Å². The zero-order valence-corrected chi connectivity index (χ0v) is 17.5. The highest BCUT2D eigenvalue weighted by atomic mass is 16.5. The van der Waals surface area contributed by atoms with Crippen molar-refractivity contribution >= 4 is 10.8 Å². The van der Waals surface area contributed by atoms with E-state index in [2.05, 4.69) is 34.5 Å². The molecule has 3 aromatic carbocycles. The van der Waals surface area contributed by atoms with Crippen LogP contribution >= 0.6 is 0 Å². The summed E-state index contributed by atoms with van der Waals surface area (Å²) in [6.45, 7) is 0. The number of nitrogens with two attached hydrogens (primary N) is 1. The number of hydrogen-bond acceptors (Lipinski definition) is 6. The van der Waals surface area contributed by atoms with Crippen LogP contribution in [0, 0.1) is 11.3 Å². The van der Waals surface area contributed by atoms with E-state index in [1.807, 2.05) is 42.5 Å². The summed E-state index contributed by atoms with van der Waals surface area (Å²) >= 11 is 0. The molecule has 0 bridgehead atoms. The van der Waals surface area contributed by atoms with Crippen LogP contribution in [0.2, 0.25) is 0 Å². The first-order valence-corrected chi connectivity index (χ1v) is 10.0. The summed E-state index contributed by atoms with van der Waals surface area (Å²) < 4.78 is 16.8. The first-order chi connectivity index (χ1) is 15.7. The minimum absolute atomic E-state index is 0.0193. The number of H-pyrrole nitrogens is 1. The fourth-order valence-corrected chi connectivity index (χ4v) is 4.27. The Bertz CT molecular complexity index is 1410. The van der Waals surface area contributed by atoms with E-state index in [4.69, 9.17) is 19.9 Å². The summed E-state index contributed by atoms with van der Waals surface area (Å²) in [6.07, 6.45) is 0. The fourth-order valence-electron chi connectivity index (χ4n) is 4.27. The van der Waals surface area contributed by atoms with Crippen LogP contribution in [0.3, 0.4) is 0 Å². The van der Waals surface area contributed by atoms with Crippen molar-refractivity contribution in [3.8, 4) is 34.7 Å². The number of allylic oxidation sites excluding steroid dienone is 1. The minimum Gasteiger partial charge on any atom is -0.497 e. The number of benzene rings is 3. The van der Waals surface area contributed by atoms with Crippen LogP contribution in [0.1, 0.15) is 17.0 Å². The monoisotopic (exact) mass is 424 g/mol. The number of rotatable bonds is 4. The maximum atomic E-state index is 10.0. The molecule has 1 atom stereocenters. The molecule has 1 aliphatic heterocycles. The van der Waals surface area contributed by atoms with Crippen molar-refractivity contribution in [2.75, 3.05) is 14.2 Å². The van der Waals surface area contributed by atoms with Crippen molar-refractivity contribution in [3.05, 3.63) is 83.2 Å². The Morgan fingerprint density at radius 2 is 1.88 bits per heavy atom. The number of ether oxygens (including phenoxy) is 3. The predicted octanol–water partition coefficient (Wildman–Crippen LogP) is 4.47. The van der Waals surface area contributed by atoms with E-state index in [1.165, 1.54) is 0 Å². The maximum Gasteiger partial charge on any atom is 0.244 e. The number of fused-ring (bicyclic) bond motifs is 2. The number of aromatic nitrogens is 2. The zero-order chi connectivity index (χ0) is 22.2. The first-order valence-electron chi connectivity index (χ1n) is 10.0. The van der Waals surface area contributed by atoms with Gasteiger partial charge in [0.2, 0.25) is 11.8 Å². The maximum absolute atomic E-state index is 10.0. The number of aromatic amines is 1. The molecule has 7 heteroatoms. The average Bonchev–Trinajstić information content (AvgIpc) is 3.25. The summed E-state index contributed by atoms with van der Waals surface area (Å²) in [5, 5.41) is 19.7. The van der Waals surface area contributed by atoms with Gasteiger partial charge in [0, 0.05) is 11.1 Å². The number of nitrogens with one attached hydrogen (secondary N) is 1. The van der Waals surface area contributed by atoms with Crippen molar-refractivity contribution in [2.45, 2.75) is 5.92 Å². The van der Waals surface area contributed by atoms with Gasteiger partial charge in [0.25, 0.3) is 0 Å². The molecule has 0 aliphatic carbocycles. The van der Waals surface area contributed by atoms with E-state index in [0.29, 0.717) is 17.4 Å². The lowest BCUT2D eigenvalue weighted by Crippen LogP contribution is -2.21. The summed E-state index contributed by atoms with van der Waals surface area (Å²) in [5.41, 5.74) is 9.59. The Morgan fingerprint density at radius 1 is 1.06 bits per heavy atom. The molecule has 1 unspecified atom stereocenters. The molecule has 4 aromatic rings. The van der Waals surface area contributed by atoms with Crippen molar-refractivity contribution in [1.82, 2.24) is 10.2 Å². The van der Waals surface area contributed by atoms with Crippen LogP contribution in [0.4, 0.5) is 0 Å². The second kappa shape index (κ2) is 7.67. The summed E-state index contributed by atoms with van der Waals surface area (Å²) in [7, 11) is 3.18. The molecule has 32 heavy (non-hydrogen) atoms. The third-order valence-electron chi connectivity index (χ3n) is 5.75. The van der Waals surface area contributed by atoms with Gasteiger partial charge in [-0.25, -0.2) is 0 Å². The van der Waals surface area contributed by atoms with Gasteiger partial charge in [-0.3, -0.25) is 5.10 Å². The van der Waals surface area contributed by atoms with Gasteiger partial charge in [-0.15, -0.1) is 5.10 Å². The van der Waals surface area contributed by atoms with E-state index < -0.39 is 5.92 Å². The van der Waals surface area contributed by atoms with Crippen molar-refractivity contribution in [2.24, 2.45) is 5.73 Å². The van der Waals surface area contributed by atoms with Crippen LogP contribution in [0.5, 0.6) is 17.4 Å². The molecular weight excluding hydrogens is 404 g/mol. The number of nitrogens with zero attached hydrogens (tertiary/aromatic N) is 2. The lowest BCUT2D eigenvalue weighted by atomic mass is 9.82. The molecule has 0 fully saturated rings. The van der Waals surface area contributed by atoms with E-state index in [-0.39, 0.29) is 11.5 Å². The topological polar surface area (TPSA) is 106 Å². The molecule has 0 saturated heterocycles. The lowest BCUT2D eigenvalue weighted by molar-refractivity contribution is 0.373. The molecule has 0 spiro atoms. The molecule has 158 valence electrons. The SMILES string of the molecule is COc1ccc(OC)c(C2C(C#N)=C(N)Oc3n[nH]c(-c4cccc5ccccc45)c32)c1. The van der Waals surface area contributed by atoms with Gasteiger partial charge >= 0.3 is 0 Å². The van der Waals surface area contributed by atoms with Crippen molar-refractivity contribution in [1.29, 1.82) is 5.26 Å². The van der Waals surface area contributed by atoms with Crippen molar-refractivity contribution in [3.63, 3.8) is 0 Å². The van der Waals surface area contributed by atoms with Gasteiger partial charge in [0.1, 0.15) is 23.1 Å².